The first-order chi connectivity index (χ1) is 16.2. The minimum Gasteiger partial charge on any atom is -0.436 e. The van der Waals surface area contributed by atoms with Gasteiger partial charge in [-0.15, -0.1) is 0 Å². The van der Waals surface area contributed by atoms with Crippen LogP contribution in [0.25, 0.3) is 10.8 Å². The van der Waals surface area contributed by atoms with Crippen LogP contribution < -0.4 is 20.9 Å². The number of hydrogen-bond donors (Lipinski definition) is 5. The largest absolute Gasteiger partial charge is 0.436 e. The van der Waals surface area contributed by atoms with Crippen LogP contribution in [0, 0.1) is 0 Å². The summed E-state index contributed by atoms with van der Waals surface area (Å²) in [6, 6.07) is 5.11. The van der Waals surface area contributed by atoms with Gasteiger partial charge in [0.25, 0.3) is 5.56 Å². The normalized spacial score (nSPS) is 12.5. The van der Waals surface area contributed by atoms with Crippen molar-refractivity contribution in [2.24, 2.45) is 0 Å². The zero-order valence-electron chi connectivity index (χ0n) is 19.0. The molecule has 0 saturated carbocycles. The standard InChI is InChI=1S/C22H26N8O4/c1-22(2,3)29-20-19-13(4-5-30(21(19)33)10-14(32)11-31)6-17(28-20)27-16-7-18(24-12-23-16)34-15-8-25-26-9-15/h4-9,12,14,31-32H,10-11H2,1-3H3,(H,25,26)(H2,23,24,27,28,29)/t14-/m0/s1. The number of fused-ring (bicyclic) bond motifs is 1. The van der Waals surface area contributed by atoms with Crippen LogP contribution in [0.4, 0.5) is 17.5 Å². The molecule has 0 fully saturated rings. The molecule has 0 saturated heterocycles. The summed E-state index contributed by atoms with van der Waals surface area (Å²) in [4.78, 5) is 26.1. The summed E-state index contributed by atoms with van der Waals surface area (Å²) in [6.07, 6.45) is 5.01. The van der Waals surface area contributed by atoms with Crippen LogP contribution in [-0.2, 0) is 6.54 Å². The first-order valence-corrected chi connectivity index (χ1v) is 10.6. The molecular formula is C22H26N8O4. The van der Waals surface area contributed by atoms with Crippen molar-refractivity contribution >= 4 is 28.2 Å². The van der Waals surface area contributed by atoms with Crippen LogP contribution in [-0.4, -0.2) is 58.2 Å². The van der Waals surface area contributed by atoms with E-state index in [2.05, 4.69) is 35.8 Å². The second-order valence-corrected chi connectivity index (χ2v) is 8.71. The average Bonchev–Trinajstić information content (AvgIpc) is 3.27. The molecule has 12 nitrogen and oxygen atoms in total. The summed E-state index contributed by atoms with van der Waals surface area (Å²) in [6.45, 7) is 5.41. The van der Waals surface area contributed by atoms with Crippen molar-refractivity contribution in [3.63, 3.8) is 0 Å². The molecule has 0 amide bonds. The van der Waals surface area contributed by atoms with Crippen molar-refractivity contribution in [3.05, 3.63) is 53.5 Å². The molecule has 34 heavy (non-hydrogen) atoms. The summed E-state index contributed by atoms with van der Waals surface area (Å²) < 4.78 is 6.98. The minimum atomic E-state index is -1.04. The molecule has 0 radical (unpaired) electrons. The third-order valence-electron chi connectivity index (χ3n) is 4.66. The SMILES string of the molecule is CC(C)(C)Nc1nc(Nc2cc(Oc3cn[nH]c3)ncn2)cc2ccn(C[C@H](O)CO)c(=O)c12. The Kier molecular flexibility index (Phi) is 6.43. The van der Waals surface area contributed by atoms with E-state index in [1.165, 1.54) is 17.1 Å². The summed E-state index contributed by atoms with van der Waals surface area (Å²) in [7, 11) is 0. The number of anilines is 3. The molecule has 0 aliphatic heterocycles. The Morgan fingerprint density at radius 2 is 2.06 bits per heavy atom. The number of aliphatic hydroxyl groups excluding tert-OH is 2. The average molecular weight is 467 g/mol. The van der Waals surface area contributed by atoms with E-state index in [1.807, 2.05) is 20.8 Å². The van der Waals surface area contributed by atoms with Crippen molar-refractivity contribution in [2.45, 2.75) is 39.0 Å². The fourth-order valence-corrected chi connectivity index (χ4v) is 3.25. The first-order valence-electron chi connectivity index (χ1n) is 10.6. The molecule has 1 atom stereocenters. The molecule has 4 aromatic rings. The number of aromatic nitrogens is 6. The quantitative estimate of drug-likeness (QED) is 0.259. The van der Waals surface area contributed by atoms with E-state index in [9.17, 15) is 9.90 Å². The van der Waals surface area contributed by atoms with Crippen molar-refractivity contribution in [1.82, 2.24) is 29.7 Å². The predicted octanol–water partition coefficient (Wildman–Crippen LogP) is 2.01. The molecular weight excluding hydrogens is 440 g/mol. The van der Waals surface area contributed by atoms with Gasteiger partial charge in [-0.05, 0) is 38.3 Å². The molecule has 4 rings (SSSR count). The number of aromatic amines is 1. The zero-order valence-corrected chi connectivity index (χ0v) is 19.0. The molecule has 178 valence electrons. The summed E-state index contributed by atoms with van der Waals surface area (Å²) in [5.74, 6) is 2.11. The summed E-state index contributed by atoms with van der Waals surface area (Å²) in [5.41, 5.74) is -0.704. The maximum Gasteiger partial charge on any atom is 0.262 e. The Hall–Kier alpha value is -4.03. The van der Waals surface area contributed by atoms with E-state index in [0.29, 0.717) is 39.9 Å². The van der Waals surface area contributed by atoms with Gasteiger partial charge in [-0.3, -0.25) is 9.89 Å². The topological polar surface area (TPSA) is 163 Å². The van der Waals surface area contributed by atoms with Crippen molar-refractivity contribution in [2.75, 3.05) is 17.2 Å². The third kappa shape index (κ3) is 5.47. The van der Waals surface area contributed by atoms with Crippen LogP contribution >= 0.6 is 0 Å². The van der Waals surface area contributed by atoms with Gasteiger partial charge in [-0.25, -0.2) is 15.0 Å². The molecule has 0 unspecified atom stereocenters. The number of H-pyrrole nitrogens is 1. The number of pyridine rings is 2. The highest BCUT2D eigenvalue weighted by Crippen LogP contribution is 2.27. The number of nitrogens with zero attached hydrogens (tertiary/aromatic N) is 5. The van der Waals surface area contributed by atoms with E-state index < -0.39 is 12.7 Å². The molecule has 0 spiro atoms. The highest BCUT2D eigenvalue weighted by Gasteiger charge is 2.18. The number of ether oxygens (including phenoxy) is 1. The second kappa shape index (κ2) is 9.45. The van der Waals surface area contributed by atoms with Gasteiger partial charge in [0.2, 0.25) is 5.88 Å². The smallest absolute Gasteiger partial charge is 0.262 e. The van der Waals surface area contributed by atoms with E-state index in [0.717, 1.165) is 0 Å². The van der Waals surface area contributed by atoms with Gasteiger partial charge in [-0.2, -0.15) is 5.10 Å². The molecule has 4 aromatic heterocycles. The number of hydrogen-bond acceptors (Lipinski definition) is 10. The lowest BCUT2D eigenvalue weighted by molar-refractivity contribution is 0.0805. The lowest BCUT2D eigenvalue weighted by Gasteiger charge is -2.23. The lowest BCUT2D eigenvalue weighted by atomic mass is 10.1. The summed E-state index contributed by atoms with van der Waals surface area (Å²) in [5, 5.41) is 32.9. The van der Waals surface area contributed by atoms with Gasteiger partial charge >= 0.3 is 0 Å². The monoisotopic (exact) mass is 466 g/mol. The van der Waals surface area contributed by atoms with Crippen LogP contribution in [0.3, 0.4) is 0 Å². The fraction of sp³-hybridized carbons (Fsp3) is 0.318. The maximum absolute atomic E-state index is 13.2. The van der Waals surface area contributed by atoms with Crippen molar-refractivity contribution in [1.29, 1.82) is 0 Å². The Morgan fingerprint density at radius 1 is 1.24 bits per heavy atom. The molecule has 0 bridgehead atoms. The van der Waals surface area contributed by atoms with Crippen molar-refractivity contribution in [3.8, 4) is 11.6 Å². The third-order valence-corrected chi connectivity index (χ3v) is 4.66. The van der Waals surface area contributed by atoms with Gasteiger partial charge in [0.1, 0.15) is 23.8 Å². The van der Waals surface area contributed by atoms with Gasteiger partial charge in [0.05, 0.1) is 37.0 Å². The highest BCUT2D eigenvalue weighted by atomic mass is 16.5. The lowest BCUT2D eigenvalue weighted by Crippen LogP contribution is -2.31. The molecule has 0 aliphatic carbocycles. The zero-order chi connectivity index (χ0) is 24.3. The van der Waals surface area contributed by atoms with Crippen LogP contribution in [0.1, 0.15) is 20.8 Å². The minimum absolute atomic E-state index is 0.0272. The Balaban J connectivity index is 1.71. The summed E-state index contributed by atoms with van der Waals surface area (Å²) >= 11 is 0. The fourth-order valence-electron chi connectivity index (χ4n) is 3.25. The van der Waals surface area contributed by atoms with Gasteiger partial charge in [-0.1, -0.05) is 0 Å². The number of nitrogens with one attached hydrogen (secondary N) is 3. The molecule has 5 N–H and O–H groups in total. The van der Waals surface area contributed by atoms with Gasteiger partial charge in [0.15, 0.2) is 5.75 Å². The molecule has 0 aromatic carbocycles. The van der Waals surface area contributed by atoms with E-state index in [4.69, 9.17) is 9.84 Å². The maximum atomic E-state index is 13.2. The first kappa shape index (κ1) is 23.1. The van der Waals surface area contributed by atoms with E-state index in [1.54, 1.807) is 30.6 Å². The Bertz CT molecular complexity index is 1330. The van der Waals surface area contributed by atoms with Crippen LogP contribution in [0.5, 0.6) is 11.6 Å². The molecule has 4 heterocycles. The number of aliphatic hydroxyl groups is 2. The Morgan fingerprint density at radius 3 is 2.76 bits per heavy atom. The molecule has 12 heteroatoms. The van der Waals surface area contributed by atoms with Crippen LogP contribution in [0.15, 0.2) is 47.9 Å². The van der Waals surface area contributed by atoms with Crippen molar-refractivity contribution < 1.29 is 14.9 Å². The van der Waals surface area contributed by atoms with E-state index in [-0.39, 0.29) is 17.6 Å². The number of rotatable bonds is 8. The highest BCUT2D eigenvalue weighted by molar-refractivity contribution is 5.93. The predicted molar refractivity (Wildman–Crippen MR) is 126 cm³/mol. The second-order valence-electron chi connectivity index (χ2n) is 8.71. The van der Waals surface area contributed by atoms with Gasteiger partial charge in [0, 0.05) is 17.8 Å². The van der Waals surface area contributed by atoms with Crippen LogP contribution in [0.2, 0.25) is 0 Å². The van der Waals surface area contributed by atoms with E-state index >= 15 is 0 Å². The van der Waals surface area contributed by atoms with Gasteiger partial charge < -0.3 is 30.2 Å². The molecule has 0 aliphatic rings. The Labute approximate surface area is 194 Å².